The fourth-order valence-corrected chi connectivity index (χ4v) is 3.92. The zero-order chi connectivity index (χ0) is 24.9. The number of carbonyl (C=O) groups excluding carboxylic acids is 1. The van der Waals surface area contributed by atoms with Crippen LogP contribution in [0, 0.1) is 5.41 Å². The highest BCUT2D eigenvalue weighted by Crippen LogP contribution is 2.24. The van der Waals surface area contributed by atoms with Crippen molar-refractivity contribution in [1.82, 2.24) is 14.2 Å². The fourth-order valence-electron chi connectivity index (χ4n) is 3.15. The molecule has 1 unspecified atom stereocenters. The number of benzene rings is 2. The molecule has 1 amide bonds. The van der Waals surface area contributed by atoms with Gasteiger partial charge in [-0.2, -0.15) is 5.10 Å². The zero-order valence-corrected chi connectivity index (χ0v) is 20.2. The predicted octanol–water partition coefficient (Wildman–Crippen LogP) is 2.92. The molecule has 0 saturated carbocycles. The van der Waals surface area contributed by atoms with Crippen molar-refractivity contribution in [2.24, 2.45) is 5.73 Å². The van der Waals surface area contributed by atoms with Crippen LogP contribution in [-0.4, -0.2) is 47.2 Å². The molecule has 0 aliphatic carbocycles. The summed E-state index contributed by atoms with van der Waals surface area (Å²) < 4.78 is 33.5. The summed E-state index contributed by atoms with van der Waals surface area (Å²) in [6.07, 6.45) is 1.57. The smallest absolute Gasteiger partial charge is 0.289 e. The minimum Gasteiger partial charge on any atom is -0.384 e. The predicted molar refractivity (Wildman–Crippen MR) is 131 cm³/mol. The molecule has 0 aliphatic heterocycles. The third kappa shape index (κ3) is 6.56. The Morgan fingerprint density at radius 3 is 2.59 bits per heavy atom. The van der Waals surface area contributed by atoms with E-state index < -0.39 is 22.2 Å². The number of nitrogens with two attached hydrogens (primary N) is 1. The van der Waals surface area contributed by atoms with E-state index >= 15 is 0 Å². The van der Waals surface area contributed by atoms with Crippen LogP contribution in [-0.2, 0) is 26.1 Å². The molecular weight excluding hydrogens is 480 g/mol. The van der Waals surface area contributed by atoms with Crippen LogP contribution in [0.5, 0.6) is 0 Å². The van der Waals surface area contributed by atoms with E-state index in [2.05, 4.69) is 9.82 Å². The lowest BCUT2D eigenvalue weighted by molar-refractivity contribution is -0.146. The first-order valence-corrected chi connectivity index (χ1v) is 12.5. The first-order chi connectivity index (χ1) is 16.1. The zero-order valence-electron chi connectivity index (χ0n) is 18.6. The summed E-state index contributed by atoms with van der Waals surface area (Å²) in [5, 5.41) is 11.9. The summed E-state index contributed by atoms with van der Waals surface area (Å²) in [5.41, 5.74) is 8.37. The van der Waals surface area contributed by atoms with Crippen molar-refractivity contribution in [2.75, 3.05) is 17.6 Å². The van der Waals surface area contributed by atoms with Gasteiger partial charge in [-0.05, 0) is 30.7 Å². The van der Waals surface area contributed by atoms with E-state index in [-0.39, 0.29) is 19.0 Å². The highest BCUT2D eigenvalue weighted by Gasteiger charge is 2.27. The second-order valence-corrected chi connectivity index (χ2v) is 9.57. The second kappa shape index (κ2) is 10.7. The number of amides is 1. The van der Waals surface area contributed by atoms with Crippen molar-refractivity contribution >= 4 is 39.2 Å². The number of nitrogens with one attached hydrogen (secondary N) is 2. The number of halogens is 1. The van der Waals surface area contributed by atoms with Crippen LogP contribution in [0.15, 0.2) is 60.8 Å². The van der Waals surface area contributed by atoms with Gasteiger partial charge in [0.2, 0.25) is 16.3 Å². The Hall–Kier alpha value is -3.41. The average molecular weight is 505 g/mol. The molecule has 180 valence electrons. The Bertz CT molecular complexity index is 1280. The lowest BCUT2D eigenvalue weighted by Gasteiger charge is -2.22. The summed E-state index contributed by atoms with van der Waals surface area (Å²) in [5.74, 6) is -0.560. The first kappa shape index (κ1) is 25.2. The monoisotopic (exact) mass is 504 g/mol. The molecule has 12 heteroatoms. The van der Waals surface area contributed by atoms with E-state index in [1.807, 2.05) is 0 Å². The number of rotatable bonds is 10. The molecular formula is C22H25ClN6O4S. The molecule has 0 fully saturated rings. The minimum atomic E-state index is -3.42. The Morgan fingerprint density at radius 2 is 1.97 bits per heavy atom. The van der Waals surface area contributed by atoms with E-state index in [0.717, 1.165) is 16.2 Å². The van der Waals surface area contributed by atoms with E-state index in [4.69, 9.17) is 27.7 Å². The molecule has 3 aromatic rings. The summed E-state index contributed by atoms with van der Waals surface area (Å²) in [7, 11) is -3.42. The number of sulfonamides is 1. The van der Waals surface area contributed by atoms with Crippen molar-refractivity contribution in [3.63, 3.8) is 0 Å². The molecule has 1 atom stereocenters. The highest BCUT2D eigenvalue weighted by molar-refractivity contribution is 7.92. The standard InChI is InChI=1S/C22H25ClN6O4S/c1-3-33-22(21(30)28(23)14-15-7-9-16(10-8-15)20(24)25)29-12-11-19(26-29)17-5-4-6-18(13-17)27-34(2,31)32/h4-13,22,27H,3,14H2,1-2H3,(H3,24,25). The maximum absolute atomic E-state index is 13.0. The minimum absolute atomic E-state index is 0.0473. The molecule has 34 heavy (non-hydrogen) atoms. The van der Waals surface area contributed by atoms with Crippen LogP contribution >= 0.6 is 11.8 Å². The van der Waals surface area contributed by atoms with Crippen LogP contribution < -0.4 is 10.5 Å². The maximum atomic E-state index is 13.0. The van der Waals surface area contributed by atoms with Gasteiger partial charge in [0.05, 0.1) is 18.5 Å². The van der Waals surface area contributed by atoms with E-state index in [1.165, 1.54) is 4.68 Å². The number of amidine groups is 1. The lowest BCUT2D eigenvalue weighted by atomic mass is 10.1. The number of anilines is 1. The largest absolute Gasteiger partial charge is 0.384 e. The van der Waals surface area contributed by atoms with Crippen molar-refractivity contribution in [1.29, 1.82) is 5.41 Å². The van der Waals surface area contributed by atoms with Crippen LogP contribution in [0.3, 0.4) is 0 Å². The molecule has 10 nitrogen and oxygen atoms in total. The van der Waals surface area contributed by atoms with Crippen molar-refractivity contribution in [2.45, 2.75) is 19.7 Å². The fraction of sp³-hybridized carbons (Fsp3) is 0.227. The van der Waals surface area contributed by atoms with Gasteiger partial charge in [0, 0.05) is 41.4 Å². The molecule has 0 saturated heterocycles. The Balaban J connectivity index is 1.78. The molecule has 0 bridgehead atoms. The number of carbonyl (C=O) groups is 1. The maximum Gasteiger partial charge on any atom is 0.289 e. The van der Waals surface area contributed by atoms with Gasteiger partial charge >= 0.3 is 0 Å². The number of nitrogen functional groups attached to an aromatic ring is 1. The van der Waals surface area contributed by atoms with Crippen molar-refractivity contribution < 1.29 is 17.9 Å². The highest BCUT2D eigenvalue weighted by atomic mass is 35.5. The van der Waals surface area contributed by atoms with E-state index in [1.54, 1.807) is 67.7 Å². The van der Waals surface area contributed by atoms with Gasteiger partial charge in [-0.3, -0.25) is 14.9 Å². The molecule has 2 aromatic carbocycles. The third-order valence-corrected chi connectivity index (χ3v) is 5.56. The molecule has 0 spiro atoms. The third-order valence-electron chi connectivity index (χ3n) is 4.67. The normalized spacial score (nSPS) is 12.2. The van der Waals surface area contributed by atoms with Crippen LogP contribution in [0.4, 0.5) is 5.69 Å². The molecule has 0 radical (unpaired) electrons. The Kier molecular flexibility index (Phi) is 7.92. The number of ether oxygens (including phenoxy) is 1. The van der Waals surface area contributed by atoms with Gasteiger partial charge in [0.1, 0.15) is 5.84 Å². The number of hydrogen-bond donors (Lipinski definition) is 3. The average Bonchev–Trinajstić information content (AvgIpc) is 3.26. The first-order valence-electron chi connectivity index (χ1n) is 10.2. The Morgan fingerprint density at radius 1 is 1.26 bits per heavy atom. The Labute approximate surface area is 202 Å². The molecule has 1 aromatic heterocycles. The van der Waals surface area contributed by atoms with Crippen molar-refractivity contribution in [3.8, 4) is 11.3 Å². The van der Waals surface area contributed by atoms with Gasteiger partial charge in [-0.1, -0.05) is 36.4 Å². The van der Waals surface area contributed by atoms with E-state index in [9.17, 15) is 13.2 Å². The summed E-state index contributed by atoms with van der Waals surface area (Å²) in [6.45, 7) is 2.11. The summed E-state index contributed by atoms with van der Waals surface area (Å²) in [4.78, 5) is 13.0. The van der Waals surface area contributed by atoms with Gasteiger partial charge in [0.15, 0.2) is 0 Å². The number of aromatic nitrogens is 2. The molecule has 1 heterocycles. The molecule has 3 rings (SSSR count). The molecule has 0 aliphatic rings. The quantitative estimate of drug-likeness (QED) is 0.220. The van der Waals surface area contributed by atoms with Gasteiger partial charge in [-0.15, -0.1) is 0 Å². The lowest BCUT2D eigenvalue weighted by Crippen LogP contribution is -2.33. The van der Waals surface area contributed by atoms with Gasteiger partial charge < -0.3 is 10.5 Å². The summed E-state index contributed by atoms with van der Waals surface area (Å²) in [6, 6.07) is 15.3. The molecule has 4 N–H and O–H groups in total. The van der Waals surface area contributed by atoms with Gasteiger partial charge in [-0.25, -0.2) is 17.5 Å². The van der Waals surface area contributed by atoms with Crippen LogP contribution in [0.1, 0.15) is 24.3 Å². The second-order valence-electron chi connectivity index (χ2n) is 7.41. The SMILES string of the molecule is CCOC(C(=O)N(Cl)Cc1ccc(C(=N)N)cc1)n1ccc(-c2cccc(NS(C)(=O)=O)c2)n1. The van der Waals surface area contributed by atoms with Crippen LogP contribution in [0.25, 0.3) is 11.3 Å². The topological polar surface area (TPSA) is 143 Å². The van der Waals surface area contributed by atoms with E-state index in [0.29, 0.717) is 22.5 Å². The van der Waals surface area contributed by atoms with Crippen molar-refractivity contribution in [3.05, 3.63) is 71.9 Å². The van der Waals surface area contributed by atoms with Crippen LogP contribution in [0.2, 0.25) is 0 Å². The number of nitrogens with zero attached hydrogens (tertiary/aromatic N) is 3. The van der Waals surface area contributed by atoms with Gasteiger partial charge in [0.25, 0.3) is 5.91 Å². The number of hydrogen-bond acceptors (Lipinski definition) is 6. The summed E-state index contributed by atoms with van der Waals surface area (Å²) >= 11 is 6.29.